The third-order valence-corrected chi connectivity index (χ3v) is 6.50. The summed E-state index contributed by atoms with van der Waals surface area (Å²) in [7, 11) is 0. The number of nitrogens with zero attached hydrogens (tertiary/aromatic N) is 2. The highest BCUT2D eigenvalue weighted by molar-refractivity contribution is 6.33. The van der Waals surface area contributed by atoms with E-state index in [1.807, 2.05) is 48.5 Å². The van der Waals surface area contributed by atoms with E-state index in [0.29, 0.717) is 15.7 Å². The van der Waals surface area contributed by atoms with E-state index in [9.17, 15) is 4.79 Å². The summed E-state index contributed by atoms with van der Waals surface area (Å²) >= 11 is 18.8. The standard InChI is InChI=1S/C25H24Cl3N3O/c26-20-7-5-18(6-8-20)15-25(32)29-21-9-10-24(23(28)16-21)31-13-11-30(12-14-31)17-19-3-1-2-4-22(19)27/h1-10,16H,11-15,17H2,(H,29,32). The molecule has 1 aliphatic rings. The van der Waals surface area contributed by atoms with Crippen LogP contribution in [0.3, 0.4) is 0 Å². The second-order valence-corrected chi connectivity index (χ2v) is 9.12. The van der Waals surface area contributed by atoms with Crippen molar-refractivity contribution in [1.29, 1.82) is 0 Å². The van der Waals surface area contributed by atoms with E-state index < -0.39 is 0 Å². The number of rotatable bonds is 6. The molecule has 0 aromatic heterocycles. The molecule has 1 saturated heterocycles. The molecule has 4 nitrogen and oxygen atoms in total. The maximum absolute atomic E-state index is 12.4. The molecule has 1 amide bonds. The quantitative estimate of drug-likeness (QED) is 0.452. The molecular formula is C25H24Cl3N3O. The van der Waals surface area contributed by atoms with Gasteiger partial charge in [-0.25, -0.2) is 0 Å². The fourth-order valence-electron chi connectivity index (χ4n) is 3.85. The van der Waals surface area contributed by atoms with Gasteiger partial charge in [0.15, 0.2) is 0 Å². The SMILES string of the molecule is O=C(Cc1ccc(Cl)cc1)Nc1ccc(N2CCN(Cc3ccccc3Cl)CC2)c(Cl)c1. The highest BCUT2D eigenvalue weighted by Gasteiger charge is 2.20. The topological polar surface area (TPSA) is 35.6 Å². The van der Waals surface area contributed by atoms with Gasteiger partial charge in [0.2, 0.25) is 5.91 Å². The number of piperazine rings is 1. The number of amides is 1. The Morgan fingerprint density at radius 1 is 0.844 bits per heavy atom. The van der Waals surface area contributed by atoms with Gasteiger partial charge < -0.3 is 10.2 Å². The second-order valence-electron chi connectivity index (χ2n) is 7.87. The van der Waals surface area contributed by atoms with E-state index in [1.165, 1.54) is 0 Å². The monoisotopic (exact) mass is 487 g/mol. The van der Waals surface area contributed by atoms with Crippen molar-refractivity contribution in [3.05, 3.63) is 92.9 Å². The van der Waals surface area contributed by atoms with Gasteiger partial charge in [-0.15, -0.1) is 0 Å². The first kappa shape index (κ1) is 22.9. The van der Waals surface area contributed by atoms with Crippen molar-refractivity contribution in [3.8, 4) is 0 Å². The molecule has 7 heteroatoms. The van der Waals surface area contributed by atoms with Crippen LogP contribution in [-0.2, 0) is 17.8 Å². The third kappa shape index (κ3) is 5.96. The molecule has 32 heavy (non-hydrogen) atoms. The Kier molecular flexibility index (Phi) is 7.59. The Hall–Kier alpha value is -2.24. The van der Waals surface area contributed by atoms with Crippen LogP contribution >= 0.6 is 34.8 Å². The molecule has 1 heterocycles. The first-order chi connectivity index (χ1) is 15.5. The lowest BCUT2D eigenvalue weighted by Crippen LogP contribution is -2.46. The molecule has 1 aliphatic heterocycles. The van der Waals surface area contributed by atoms with Crippen LogP contribution in [0.15, 0.2) is 66.7 Å². The van der Waals surface area contributed by atoms with Crippen LogP contribution in [0.4, 0.5) is 11.4 Å². The average Bonchev–Trinajstić information content (AvgIpc) is 2.78. The highest BCUT2D eigenvalue weighted by Crippen LogP contribution is 2.30. The van der Waals surface area contributed by atoms with Crippen LogP contribution in [0.25, 0.3) is 0 Å². The van der Waals surface area contributed by atoms with Gasteiger partial charge >= 0.3 is 0 Å². The molecule has 0 spiro atoms. The third-order valence-electron chi connectivity index (χ3n) is 5.57. The number of hydrogen-bond acceptors (Lipinski definition) is 3. The van der Waals surface area contributed by atoms with Gasteiger partial charge in [0.25, 0.3) is 0 Å². The number of benzene rings is 3. The van der Waals surface area contributed by atoms with Crippen molar-refractivity contribution >= 4 is 52.1 Å². The normalized spacial score (nSPS) is 14.4. The molecule has 3 aromatic carbocycles. The predicted octanol–water partition coefficient (Wildman–Crippen LogP) is 6.15. The van der Waals surface area contributed by atoms with Crippen LogP contribution in [0, 0.1) is 0 Å². The highest BCUT2D eigenvalue weighted by atomic mass is 35.5. The van der Waals surface area contributed by atoms with Crippen molar-refractivity contribution in [1.82, 2.24) is 4.90 Å². The summed E-state index contributed by atoms with van der Waals surface area (Å²) in [6.45, 7) is 4.47. The number of nitrogens with one attached hydrogen (secondary N) is 1. The number of hydrogen-bond donors (Lipinski definition) is 1. The maximum Gasteiger partial charge on any atom is 0.228 e. The summed E-state index contributed by atoms with van der Waals surface area (Å²) < 4.78 is 0. The smallest absolute Gasteiger partial charge is 0.228 e. The van der Waals surface area contributed by atoms with E-state index in [2.05, 4.69) is 21.2 Å². The lowest BCUT2D eigenvalue weighted by atomic mass is 10.1. The van der Waals surface area contributed by atoms with Gasteiger partial charge in [0.1, 0.15) is 0 Å². The first-order valence-corrected chi connectivity index (χ1v) is 11.7. The number of carbonyl (C=O) groups is 1. The van der Waals surface area contributed by atoms with Gasteiger partial charge in [-0.1, -0.05) is 65.1 Å². The summed E-state index contributed by atoms with van der Waals surface area (Å²) in [5.41, 5.74) is 3.73. The Morgan fingerprint density at radius 3 is 2.25 bits per heavy atom. The first-order valence-electron chi connectivity index (χ1n) is 10.5. The molecule has 166 valence electrons. The zero-order chi connectivity index (χ0) is 22.5. The fraction of sp³-hybridized carbons (Fsp3) is 0.240. The van der Waals surface area contributed by atoms with Crippen molar-refractivity contribution in [2.75, 3.05) is 36.4 Å². The molecular weight excluding hydrogens is 465 g/mol. The zero-order valence-electron chi connectivity index (χ0n) is 17.5. The number of halogens is 3. The van der Waals surface area contributed by atoms with Crippen molar-refractivity contribution in [2.24, 2.45) is 0 Å². The van der Waals surface area contributed by atoms with Crippen molar-refractivity contribution in [3.63, 3.8) is 0 Å². The van der Waals surface area contributed by atoms with Gasteiger partial charge in [-0.05, 0) is 47.5 Å². The molecule has 0 aliphatic carbocycles. The summed E-state index contributed by atoms with van der Waals surface area (Å²) in [4.78, 5) is 17.0. The molecule has 0 atom stereocenters. The lowest BCUT2D eigenvalue weighted by molar-refractivity contribution is -0.115. The minimum atomic E-state index is -0.0932. The molecule has 3 aromatic rings. The fourth-order valence-corrected chi connectivity index (χ4v) is 4.47. The van der Waals surface area contributed by atoms with Gasteiger partial charge in [-0.3, -0.25) is 9.69 Å². The molecule has 1 fully saturated rings. The van der Waals surface area contributed by atoms with E-state index in [1.54, 1.807) is 12.1 Å². The lowest BCUT2D eigenvalue weighted by Gasteiger charge is -2.36. The largest absolute Gasteiger partial charge is 0.368 e. The summed E-state index contributed by atoms with van der Waals surface area (Å²) in [5.74, 6) is -0.0932. The molecule has 4 rings (SSSR count). The van der Waals surface area contributed by atoms with Crippen LogP contribution in [0.1, 0.15) is 11.1 Å². The van der Waals surface area contributed by atoms with Crippen LogP contribution in [0.5, 0.6) is 0 Å². The molecule has 0 saturated carbocycles. The number of carbonyl (C=O) groups excluding carboxylic acids is 1. The van der Waals surface area contributed by atoms with Gasteiger partial charge in [0, 0.05) is 48.5 Å². The maximum atomic E-state index is 12.4. The Balaban J connectivity index is 1.32. The van der Waals surface area contributed by atoms with E-state index in [4.69, 9.17) is 34.8 Å². The summed E-state index contributed by atoms with van der Waals surface area (Å²) in [6.07, 6.45) is 0.282. The van der Waals surface area contributed by atoms with Crippen LogP contribution < -0.4 is 10.2 Å². The van der Waals surface area contributed by atoms with Crippen molar-refractivity contribution in [2.45, 2.75) is 13.0 Å². The average molecular weight is 489 g/mol. The predicted molar refractivity (Wildman–Crippen MR) is 134 cm³/mol. The van der Waals surface area contributed by atoms with Crippen LogP contribution in [-0.4, -0.2) is 37.0 Å². The number of anilines is 2. The zero-order valence-corrected chi connectivity index (χ0v) is 19.8. The molecule has 0 radical (unpaired) electrons. The van der Waals surface area contributed by atoms with E-state index in [0.717, 1.165) is 54.6 Å². The van der Waals surface area contributed by atoms with E-state index in [-0.39, 0.29) is 12.3 Å². The minimum Gasteiger partial charge on any atom is -0.368 e. The summed E-state index contributed by atoms with van der Waals surface area (Å²) in [6, 6.07) is 20.9. The van der Waals surface area contributed by atoms with Crippen molar-refractivity contribution < 1.29 is 4.79 Å². The molecule has 0 unspecified atom stereocenters. The molecule has 1 N–H and O–H groups in total. The minimum absolute atomic E-state index is 0.0932. The molecule has 0 bridgehead atoms. The Bertz CT molecular complexity index is 1080. The Morgan fingerprint density at radius 2 is 1.56 bits per heavy atom. The second kappa shape index (κ2) is 10.6. The summed E-state index contributed by atoms with van der Waals surface area (Å²) in [5, 5.41) is 5.02. The van der Waals surface area contributed by atoms with Crippen LogP contribution in [0.2, 0.25) is 15.1 Å². The van der Waals surface area contributed by atoms with Gasteiger partial charge in [0.05, 0.1) is 17.1 Å². The Labute approximate surface area is 203 Å². The van der Waals surface area contributed by atoms with E-state index >= 15 is 0 Å². The van der Waals surface area contributed by atoms with Gasteiger partial charge in [-0.2, -0.15) is 0 Å².